The molecule has 1 aromatic rings. The molecule has 1 aliphatic carbocycles. The topological polar surface area (TPSA) is 145 Å². The minimum atomic E-state index is -4.91. The van der Waals surface area contributed by atoms with Crippen LogP contribution in [-0.4, -0.2) is 53.8 Å². The molecule has 1 saturated carbocycles. The van der Waals surface area contributed by atoms with E-state index in [2.05, 4.69) is 20.0 Å². The number of carbonyl (C=O) groups excluding carboxylic acids is 2. The molecule has 27 heavy (non-hydrogen) atoms. The third kappa shape index (κ3) is 5.99. The summed E-state index contributed by atoms with van der Waals surface area (Å²) >= 11 is 0. The lowest BCUT2D eigenvalue weighted by atomic mass is 10.1. The van der Waals surface area contributed by atoms with Gasteiger partial charge in [0.15, 0.2) is 9.84 Å². The third-order valence-corrected chi connectivity index (χ3v) is 5.73. The lowest BCUT2D eigenvalue weighted by Gasteiger charge is -2.17. The van der Waals surface area contributed by atoms with Crippen molar-refractivity contribution >= 4 is 21.5 Å². The summed E-state index contributed by atoms with van der Waals surface area (Å²) in [4.78, 5) is 27.3. The van der Waals surface area contributed by atoms with Crippen LogP contribution in [0.5, 0.6) is 0 Å². The van der Waals surface area contributed by atoms with Gasteiger partial charge in [-0.25, -0.2) is 8.42 Å². The SMILES string of the molecule is CC[C@H](NC(=O)[C@@H](N)CS(=O)(=O)CC1CC1)C(=O)c1noc(C(F)(F)F)n1. The largest absolute Gasteiger partial charge is 0.471 e. The van der Waals surface area contributed by atoms with Crippen LogP contribution in [0.2, 0.25) is 0 Å². The Bertz CT molecular complexity index is 804. The van der Waals surface area contributed by atoms with Crippen LogP contribution in [0.25, 0.3) is 0 Å². The van der Waals surface area contributed by atoms with E-state index in [0.29, 0.717) is 0 Å². The number of halogens is 3. The lowest BCUT2D eigenvalue weighted by Crippen LogP contribution is -2.51. The van der Waals surface area contributed by atoms with E-state index in [4.69, 9.17) is 5.73 Å². The number of hydrogen-bond donors (Lipinski definition) is 2. The van der Waals surface area contributed by atoms with E-state index in [-0.39, 0.29) is 18.1 Å². The number of sulfone groups is 1. The quantitative estimate of drug-likeness (QED) is 0.552. The molecule has 1 heterocycles. The van der Waals surface area contributed by atoms with Crippen LogP contribution < -0.4 is 11.1 Å². The molecule has 0 aromatic carbocycles. The van der Waals surface area contributed by atoms with Gasteiger partial charge in [-0.3, -0.25) is 9.59 Å². The number of nitrogens with two attached hydrogens (primary N) is 1. The second-order valence-corrected chi connectivity index (χ2v) is 8.54. The molecule has 1 aromatic heterocycles. The van der Waals surface area contributed by atoms with E-state index < -0.39 is 57.3 Å². The molecule has 13 heteroatoms. The molecule has 0 bridgehead atoms. The van der Waals surface area contributed by atoms with Crippen LogP contribution >= 0.6 is 0 Å². The molecule has 3 N–H and O–H groups in total. The predicted molar refractivity (Wildman–Crippen MR) is 85.2 cm³/mol. The molecular formula is C14H19F3N4O5S. The molecule has 2 rings (SSSR count). The van der Waals surface area contributed by atoms with E-state index >= 15 is 0 Å². The second kappa shape index (κ2) is 7.92. The van der Waals surface area contributed by atoms with Gasteiger partial charge in [0, 0.05) is 0 Å². The van der Waals surface area contributed by atoms with Gasteiger partial charge in [-0.2, -0.15) is 18.2 Å². The Morgan fingerprint density at radius 1 is 1.37 bits per heavy atom. The molecular weight excluding hydrogens is 393 g/mol. The number of nitrogens with one attached hydrogen (secondary N) is 1. The molecule has 0 unspecified atom stereocenters. The number of aromatic nitrogens is 2. The fourth-order valence-electron chi connectivity index (χ4n) is 2.29. The highest BCUT2D eigenvalue weighted by molar-refractivity contribution is 7.91. The van der Waals surface area contributed by atoms with Crippen molar-refractivity contribution in [3.05, 3.63) is 11.7 Å². The Hall–Kier alpha value is -2.02. The first kappa shape index (κ1) is 21.3. The van der Waals surface area contributed by atoms with E-state index in [0.717, 1.165) is 12.8 Å². The number of ketones is 1. The van der Waals surface area contributed by atoms with Gasteiger partial charge in [0.05, 0.1) is 23.6 Å². The number of amides is 1. The van der Waals surface area contributed by atoms with Crippen molar-refractivity contribution in [3.63, 3.8) is 0 Å². The monoisotopic (exact) mass is 412 g/mol. The van der Waals surface area contributed by atoms with Gasteiger partial charge in [0.1, 0.15) is 0 Å². The standard InChI is InChI=1S/C14H19F3N4O5S/c1-2-9(10(22)11-20-13(26-21-11)14(15,16)17)19-12(23)8(18)6-27(24,25)5-7-3-4-7/h7-9H,2-6,18H2,1H3,(H,19,23)/t8-,9-/m0/s1. The highest BCUT2D eigenvalue weighted by atomic mass is 32.2. The predicted octanol–water partition coefficient (Wildman–Crippen LogP) is 0.318. The number of nitrogens with zero attached hydrogens (tertiary/aromatic N) is 2. The maximum absolute atomic E-state index is 12.5. The Kier molecular flexibility index (Phi) is 6.24. The van der Waals surface area contributed by atoms with Gasteiger partial charge in [-0.1, -0.05) is 12.1 Å². The van der Waals surface area contributed by atoms with E-state index in [1.807, 2.05) is 0 Å². The highest BCUT2D eigenvalue weighted by Crippen LogP contribution is 2.30. The van der Waals surface area contributed by atoms with Crippen LogP contribution in [-0.2, 0) is 20.8 Å². The van der Waals surface area contributed by atoms with Gasteiger partial charge in [0.2, 0.25) is 17.5 Å². The molecule has 1 aliphatic rings. The van der Waals surface area contributed by atoms with E-state index in [9.17, 15) is 31.2 Å². The summed E-state index contributed by atoms with van der Waals surface area (Å²) in [6, 6.07) is -2.68. The lowest BCUT2D eigenvalue weighted by molar-refractivity contribution is -0.159. The van der Waals surface area contributed by atoms with Gasteiger partial charge in [0.25, 0.3) is 0 Å². The minimum absolute atomic E-state index is 0.00199. The summed E-state index contributed by atoms with van der Waals surface area (Å²) in [5.41, 5.74) is 5.60. The summed E-state index contributed by atoms with van der Waals surface area (Å²) < 4.78 is 65.3. The zero-order chi connectivity index (χ0) is 20.4. The Labute approximate surface area is 152 Å². The Morgan fingerprint density at radius 3 is 2.48 bits per heavy atom. The molecule has 1 amide bonds. The molecule has 0 radical (unpaired) electrons. The van der Waals surface area contributed by atoms with Crippen molar-refractivity contribution in [2.75, 3.05) is 11.5 Å². The van der Waals surface area contributed by atoms with Gasteiger partial charge in [-0.15, -0.1) is 0 Å². The van der Waals surface area contributed by atoms with E-state index in [1.165, 1.54) is 6.92 Å². The molecule has 2 atom stereocenters. The fourth-order valence-corrected chi connectivity index (χ4v) is 4.17. The number of Topliss-reactive ketones (excluding diaryl/α,β-unsaturated/α-hetero) is 1. The maximum Gasteiger partial charge on any atom is 0.471 e. The Morgan fingerprint density at radius 2 is 2.00 bits per heavy atom. The highest BCUT2D eigenvalue weighted by Gasteiger charge is 2.40. The van der Waals surface area contributed by atoms with Crippen LogP contribution in [0, 0.1) is 5.92 Å². The number of hydrogen-bond acceptors (Lipinski definition) is 8. The normalized spacial score (nSPS) is 17.4. The van der Waals surface area contributed by atoms with Crippen LogP contribution in [0.1, 0.15) is 42.7 Å². The fraction of sp³-hybridized carbons (Fsp3) is 0.714. The molecule has 0 aliphatic heterocycles. The van der Waals surface area contributed by atoms with Crippen molar-refractivity contribution in [1.82, 2.24) is 15.5 Å². The van der Waals surface area contributed by atoms with Gasteiger partial charge in [-0.05, 0) is 25.2 Å². The van der Waals surface area contributed by atoms with Crippen molar-refractivity contribution in [3.8, 4) is 0 Å². The number of carbonyl (C=O) groups is 2. The van der Waals surface area contributed by atoms with Gasteiger partial charge < -0.3 is 15.6 Å². The molecule has 1 fully saturated rings. The second-order valence-electron chi connectivity index (χ2n) is 6.38. The molecule has 0 spiro atoms. The third-order valence-electron chi connectivity index (χ3n) is 3.89. The van der Waals surface area contributed by atoms with Crippen LogP contribution in [0.3, 0.4) is 0 Å². The summed E-state index contributed by atoms with van der Waals surface area (Å²) in [6.07, 6.45) is -3.27. The summed E-state index contributed by atoms with van der Waals surface area (Å²) in [5, 5.41) is 5.19. The Balaban J connectivity index is 1.99. The van der Waals surface area contributed by atoms with Crippen molar-refractivity contribution < 1.29 is 35.7 Å². The zero-order valence-electron chi connectivity index (χ0n) is 14.3. The molecule has 0 saturated heterocycles. The van der Waals surface area contributed by atoms with Gasteiger partial charge >= 0.3 is 12.1 Å². The summed E-state index contributed by atoms with van der Waals surface area (Å²) in [6.45, 7) is 1.49. The number of rotatable bonds is 9. The summed E-state index contributed by atoms with van der Waals surface area (Å²) in [7, 11) is -3.53. The minimum Gasteiger partial charge on any atom is -0.344 e. The first-order valence-electron chi connectivity index (χ1n) is 8.14. The first-order valence-corrected chi connectivity index (χ1v) is 9.96. The van der Waals surface area contributed by atoms with Crippen molar-refractivity contribution in [2.24, 2.45) is 11.7 Å². The van der Waals surface area contributed by atoms with Crippen LogP contribution in [0.15, 0.2) is 4.52 Å². The van der Waals surface area contributed by atoms with Crippen LogP contribution in [0.4, 0.5) is 13.2 Å². The van der Waals surface area contributed by atoms with Crippen molar-refractivity contribution in [2.45, 2.75) is 44.4 Å². The first-order chi connectivity index (χ1) is 12.4. The average molecular weight is 412 g/mol. The van der Waals surface area contributed by atoms with Crippen molar-refractivity contribution in [1.29, 1.82) is 0 Å². The average Bonchev–Trinajstić information content (AvgIpc) is 3.19. The number of alkyl halides is 3. The zero-order valence-corrected chi connectivity index (χ0v) is 15.1. The summed E-state index contributed by atoms with van der Waals surface area (Å²) in [5.74, 6) is -4.98. The van der Waals surface area contributed by atoms with E-state index in [1.54, 1.807) is 0 Å². The molecule has 152 valence electrons. The maximum atomic E-state index is 12.5. The molecule has 9 nitrogen and oxygen atoms in total. The smallest absolute Gasteiger partial charge is 0.344 e.